The molecule has 0 fully saturated rings. The lowest BCUT2D eigenvalue weighted by Crippen LogP contribution is -2.22. The Balaban J connectivity index is 0. The van der Waals surface area contributed by atoms with E-state index in [1.165, 1.54) is 0 Å². The summed E-state index contributed by atoms with van der Waals surface area (Å²) >= 11 is 0. The number of carboxylic acids is 1. The molecule has 0 spiro atoms. The Labute approximate surface area is 206 Å². The average Bonchev–Trinajstić information content (AvgIpc) is 2.82. The van der Waals surface area contributed by atoms with Crippen LogP contribution in [0.25, 0.3) is 0 Å². The lowest BCUT2D eigenvalue weighted by Gasteiger charge is -2.06. The third kappa shape index (κ3) is 26.3. The summed E-state index contributed by atoms with van der Waals surface area (Å²) in [6.07, 6.45) is 4.04. The lowest BCUT2D eigenvalue weighted by atomic mass is 10.2. The van der Waals surface area contributed by atoms with Gasteiger partial charge in [0, 0.05) is 45.8 Å². The second-order valence-corrected chi connectivity index (χ2v) is 7.19. The summed E-state index contributed by atoms with van der Waals surface area (Å²) in [5.74, 6) is -0.641. The van der Waals surface area contributed by atoms with Crippen LogP contribution in [-0.4, -0.2) is 69.8 Å². The Hall–Kier alpha value is -2.00. The van der Waals surface area contributed by atoms with E-state index in [4.69, 9.17) is 24.1 Å². The number of carbonyl (C=O) groups is 2. The second-order valence-electron chi connectivity index (χ2n) is 7.19. The Morgan fingerprint density at radius 3 is 1.74 bits per heavy atom. The number of amides is 1. The van der Waals surface area contributed by atoms with Crippen LogP contribution in [0, 0.1) is 0 Å². The molecule has 0 aliphatic carbocycles. The highest BCUT2D eigenvalue weighted by Gasteiger charge is 2.01. The van der Waals surface area contributed by atoms with E-state index < -0.39 is 5.97 Å². The summed E-state index contributed by atoms with van der Waals surface area (Å²) < 4.78 is 20.8. The Bertz CT molecular complexity index is 570. The van der Waals surface area contributed by atoms with Crippen LogP contribution in [0.5, 0.6) is 0 Å². The Morgan fingerprint density at radius 1 is 0.735 bits per heavy atom. The minimum absolute atomic E-state index is 0. The fourth-order valence-corrected chi connectivity index (χ4v) is 2.58. The van der Waals surface area contributed by atoms with Gasteiger partial charge in [-0.25, -0.2) is 0 Å². The van der Waals surface area contributed by atoms with E-state index in [0.717, 1.165) is 31.4 Å². The van der Waals surface area contributed by atoms with E-state index in [1.807, 2.05) is 44.2 Å². The molecule has 0 aliphatic rings. The van der Waals surface area contributed by atoms with Gasteiger partial charge in [-0.1, -0.05) is 37.8 Å². The zero-order chi connectivity index (χ0) is 24.4. The lowest BCUT2D eigenvalue weighted by molar-refractivity contribution is -0.137. The van der Waals surface area contributed by atoms with Gasteiger partial charge < -0.3 is 29.4 Å². The molecule has 1 aromatic rings. The molecule has 1 aromatic carbocycles. The molecule has 0 heterocycles. The number of carbonyl (C=O) groups excluding carboxylic acids is 1. The predicted octanol–water partition coefficient (Wildman–Crippen LogP) is 4.46. The van der Waals surface area contributed by atoms with Gasteiger partial charge >= 0.3 is 5.97 Å². The topological polar surface area (TPSA) is 103 Å². The number of aliphatic carboxylic acids is 1. The minimum atomic E-state index is -0.741. The maximum absolute atomic E-state index is 11.6. The average molecular weight is 486 g/mol. The molecule has 8 nitrogen and oxygen atoms in total. The predicted molar refractivity (Wildman–Crippen MR) is 135 cm³/mol. The van der Waals surface area contributed by atoms with Gasteiger partial charge in [0.05, 0.1) is 26.4 Å². The Kier molecular flexibility index (Phi) is 27.4. The van der Waals surface area contributed by atoms with Gasteiger partial charge in [0.2, 0.25) is 5.91 Å². The van der Waals surface area contributed by atoms with Crippen LogP contribution in [0.1, 0.15) is 65.4 Å². The minimum Gasteiger partial charge on any atom is -0.481 e. The fourth-order valence-electron chi connectivity index (χ4n) is 2.58. The summed E-state index contributed by atoms with van der Waals surface area (Å²) in [7, 11) is 0. The largest absolute Gasteiger partial charge is 0.481 e. The van der Waals surface area contributed by atoms with Crippen molar-refractivity contribution in [3.63, 3.8) is 0 Å². The van der Waals surface area contributed by atoms with Gasteiger partial charge in [-0.05, 0) is 45.1 Å². The summed E-state index contributed by atoms with van der Waals surface area (Å²) in [5.41, 5.74) is 1.13. The van der Waals surface area contributed by atoms with Gasteiger partial charge in [-0.2, -0.15) is 0 Å². The first-order chi connectivity index (χ1) is 16.1. The molecule has 1 amide bonds. The highest BCUT2D eigenvalue weighted by atomic mass is 16.5. The smallest absolute Gasteiger partial charge is 0.303 e. The van der Waals surface area contributed by atoms with Gasteiger partial charge in [0.1, 0.15) is 0 Å². The number of hydrogen-bond donors (Lipinski definition) is 2. The quantitative estimate of drug-likeness (QED) is 0.263. The van der Waals surface area contributed by atoms with Gasteiger partial charge in [0.25, 0.3) is 0 Å². The number of benzene rings is 1. The molecule has 0 atom stereocenters. The first kappa shape index (κ1) is 34.2. The van der Waals surface area contributed by atoms with Crippen LogP contribution >= 0.6 is 0 Å². The number of nitrogens with one attached hydrogen (secondary N) is 1. The van der Waals surface area contributed by atoms with Crippen molar-refractivity contribution in [1.29, 1.82) is 0 Å². The number of carboxylic acid groups (broad SMARTS) is 1. The van der Waals surface area contributed by atoms with Crippen LogP contribution in [0.4, 0.5) is 0 Å². The third-order valence-electron chi connectivity index (χ3n) is 4.36. The van der Waals surface area contributed by atoms with E-state index in [2.05, 4.69) is 5.32 Å². The van der Waals surface area contributed by atoms with Crippen molar-refractivity contribution >= 4 is 11.9 Å². The zero-order valence-electron chi connectivity index (χ0n) is 20.4. The first-order valence-electron chi connectivity index (χ1n) is 11.9. The SMILES string of the molecule is C.CCOCCOCCCCC(=O)NCc1ccccc1.CCOCCOCCCCC(=O)O. The maximum atomic E-state index is 11.6. The van der Waals surface area contributed by atoms with Crippen molar-refractivity contribution in [3.05, 3.63) is 35.9 Å². The maximum Gasteiger partial charge on any atom is 0.303 e. The van der Waals surface area contributed by atoms with Crippen molar-refractivity contribution in [2.45, 2.75) is 66.3 Å². The molecule has 2 N–H and O–H groups in total. The first-order valence-corrected chi connectivity index (χ1v) is 11.9. The van der Waals surface area contributed by atoms with Crippen LogP contribution in [0.3, 0.4) is 0 Å². The molecule has 0 aliphatic heterocycles. The van der Waals surface area contributed by atoms with Gasteiger partial charge in [-0.3, -0.25) is 9.59 Å². The molecule has 0 saturated carbocycles. The standard InChI is InChI=1S/C16H25NO3.C9H18O4.CH4/c1-2-19-12-13-20-11-7-6-10-16(18)17-14-15-8-4-3-5-9-15;1-2-12-7-8-13-6-4-3-5-9(10)11;/h3-5,8-9H,2,6-7,10-14H2,1H3,(H,17,18);2-8H2,1H3,(H,10,11);1H4. The van der Waals surface area contributed by atoms with Crippen LogP contribution in [0.2, 0.25) is 0 Å². The highest BCUT2D eigenvalue weighted by Crippen LogP contribution is 2.00. The molecule has 0 unspecified atom stereocenters. The van der Waals surface area contributed by atoms with Crippen molar-refractivity contribution in [3.8, 4) is 0 Å². The summed E-state index contributed by atoms with van der Waals surface area (Å²) in [5, 5.41) is 11.2. The van der Waals surface area contributed by atoms with E-state index in [9.17, 15) is 9.59 Å². The molecule has 8 heteroatoms. The van der Waals surface area contributed by atoms with E-state index in [1.54, 1.807) is 0 Å². The zero-order valence-corrected chi connectivity index (χ0v) is 20.4. The molecule has 0 aromatic heterocycles. The van der Waals surface area contributed by atoms with E-state index in [-0.39, 0.29) is 19.8 Å². The van der Waals surface area contributed by atoms with E-state index >= 15 is 0 Å². The highest BCUT2D eigenvalue weighted by molar-refractivity contribution is 5.75. The van der Waals surface area contributed by atoms with Crippen molar-refractivity contribution in [2.75, 3.05) is 52.9 Å². The van der Waals surface area contributed by atoms with Gasteiger partial charge in [0.15, 0.2) is 0 Å². The van der Waals surface area contributed by atoms with Gasteiger partial charge in [-0.15, -0.1) is 0 Å². The molecule has 1 rings (SSSR count). The number of ether oxygens (including phenoxy) is 4. The molecule has 0 radical (unpaired) electrons. The van der Waals surface area contributed by atoms with Crippen LogP contribution in [-0.2, 0) is 35.1 Å². The second kappa shape index (κ2) is 27.2. The third-order valence-corrected chi connectivity index (χ3v) is 4.36. The summed E-state index contributed by atoms with van der Waals surface area (Å²) in [6, 6.07) is 9.93. The molecule has 34 heavy (non-hydrogen) atoms. The van der Waals surface area contributed by atoms with Crippen LogP contribution in [0.15, 0.2) is 30.3 Å². The summed E-state index contributed by atoms with van der Waals surface area (Å²) in [4.78, 5) is 21.7. The monoisotopic (exact) mass is 485 g/mol. The number of unbranched alkanes of at least 4 members (excludes halogenated alkanes) is 2. The van der Waals surface area contributed by atoms with Crippen molar-refractivity contribution in [2.24, 2.45) is 0 Å². The molecular weight excluding hydrogens is 438 g/mol. The van der Waals surface area contributed by atoms with Crippen LogP contribution < -0.4 is 5.32 Å². The molecular formula is C26H47NO7. The summed E-state index contributed by atoms with van der Waals surface area (Å²) in [6.45, 7) is 9.76. The van der Waals surface area contributed by atoms with Crippen molar-refractivity contribution < 1.29 is 33.6 Å². The Morgan fingerprint density at radius 2 is 1.24 bits per heavy atom. The number of rotatable bonds is 20. The molecule has 198 valence electrons. The molecule has 0 bridgehead atoms. The molecule has 0 saturated heterocycles. The van der Waals surface area contributed by atoms with Crippen molar-refractivity contribution in [1.82, 2.24) is 5.32 Å². The number of hydrogen-bond acceptors (Lipinski definition) is 6. The normalized spacial score (nSPS) is 10.1. The fraction of sp³-hybridized carbons (Fsp3) is 0.692. The van der Waals surface area contributed by atoms with E-state index in [0.29, 0.717) is 65.6 Å².